The van der Waals surface area contributed by atoms with Crippen molar-refractivity contribution in [3.63, 3.8) is 0 Å². The summed E-state index contributed by atoms with van der Waals surface area (Å²) >= 11 is 5.76. The topological polar surface area (TPSA) is 62.5 Å². The third-order valence-electron chi connectivity index (χ3n) is 5.65. The lowest BCUT2D eigenvalue weighted by Crippen LogP contribution is -2.30. The Hall–Kier alpha value is -3.84. The SMILES string of the molecule is COc1cccc(-n2cccc2C2C(c3ccccn3)NC(=S)N2c2ccccc2O)c1. The molecule has 160 valence electrons. The number of rotatable bonds is 5. The number of anilines is 1. The number of thiocarbonyl (C=S) groups is 1. The first-order chi connectivity index (χ1) is 15.7. The Labute approximate surface area is 191 Å². The van der Waals surface area contributed by atoms with Crippen molar-refractivity contribution >= 4 is 23.0 Å². The predicted molar refractivity (Wildman–Crippen MR) is 128 cm³/mol. The largest absolute Gasteiger partial charge is 0.506 e. The van der Waals surface area contributed by atoms with Crippen molar-refractivity contribution in [3.8, 4) is 17.2 Å². The lowest BCUT2D eigenvalue weighted by Gasteiger charge is -2.29. The first kappa shape index (κ1) is 20.1. The lowest BCUT2D eigenvalue weighted by molar-refractivity contribution is 0.414. The highest BCUT2D eigenvalue weighted by Gasteiger charge is 2.42. The molecular formula is C25H22N4O2S. The molecule has 2 atom stereocenters. The molecule has 0 radical (unpaired) electrons. The third-order valence-corrected chi connectivity index (χ3v) is 5.97. The Morgan fingerprint density at radius 2 is 1.84 bits per heavy atom. The number of ether oxygens (including phenoxy) is 1. The van der Waals surface area contributed by atoms with Gasteiger partial charge in [-0.3, -0.25) is 4.98 Å². The molecule has 7 heteroatoms. The van der Waals surface area contributed by atoms with Gasteiger partial charge in [0.15, 0.2) is 5.11 Å². The number of methoxy groups -OCH3 is 1. The van der Waals surface area contributed by atoms with Gasteiger partial charge in [-0.2, -0.15) is 0 Å². The van der Waals surface area contributed by atoms with Crippen molar-refractivity contribution in [1.82, 2.24) is 14.9 Å². The summed E-state index contributed by atoms with van der Waals surface area (Å²) < 4.78 is 7.55. The van der Waals surface area contributed by atoms with Crippen LogP contribution in [0.5, 0.6) is 11.5 Å². The van der Waals surface area contributed by atoms with E-state index in [2.05, 4.69) is 20.9 Å². The van der Waals surface area contributed by atoms with E-state index in [1.807, 2.05) is 71.8 Å². The average Bonchev–Trinajstić information content (AvgIpc) is 3.44. The number of phenolic OH excluding ortho intramolecular Hbond substituents is 1. The van der Waals surface area contributed by atoms with Gasteiger partial charge in [0.25, 0.3) is 0 Å². The van der Waals surface area contributed by atoms with E-state index in [4.69, 9.17) is 17.0 Å². The molecule has 0 bridgehead atoms. The molecule has 3 heterocycles. The summed E-state index contributed by atoms with van der Waals surface area (Å²) in [5.74, 6) is 0.948. The molecular weight excluding hydrogens is 420 g/mol. The number of aromatic nitrogens is 2. The second-order valence-electron chi connectivity index (χ2n) is 7.49. The van der Waals surface area contributed by atoms with Gasteiger partial charge in [0, 0.05) is 29.8 Å². The molecule has 1 saturated heterocycles. The van der Waals surface area contributed by atoms with Crippen LogP contribution in [0.1, 0.15) is 23.5 Å². The number of hydrogen-bond donors (Lipinski definition) is 2. The number of nitrogens with one attached hydrogen (secondary N) is 1. The molecule has 1 fully saturated rings. The molecule has 2 N–H and O–H groups in total. The van der Waals surface area contributed by atoms with Crippen molar-refractivity contribution < 1.29 is 9.84 Å². The highest BCUT2D eigenvalue weighted by Crippen LogP contribution is 2.44. The number of nitrogens with zero attached hydrogens (tertiary/aromatic N) is 3. The minimum absolute atomic E-state index is 0.169. The highest BCUT2D eigenvalue weighted by molar-refractivity contribution is 7.80. The van der Waals surface area contributed by atoms with Gasteiger partial charge < -0.3 is 24.6 Å². The van der Waals surface area contributed by atoms with E-state index in [1.54, 1.807) is 25.4 Å². The van der Waals surface area contributed by atoms with Gasteiger partial charge in [-0.1, -0.05) is 24.3 Å². The summed E-state index contributed by atoms with van der Waals surface area (Å²) in [6, 6.07) is 24.6. The molecule has 2 aromatic heterocycles. The van der Waals surface area contributed by atoms with Crippen molar-refractivity contribution in [2.75, 3.05) is 12.0 Å². The van der Waals surface area contributed by atoms with Crippen LogP contribution < -0.4 is 15.0 Å². The van der Waals surface area contributed by atoms with Crippen LogP contribution in [-0.2, 0) is 0 Å². The van der Waals surface area contributed by atoms with Crippen LogP contribution in [0.4, 0.5) is 5.69 Å². The van der Waals surface area contributed by atoms with Crippen LogP contribution in [0.15, 0.2) is 91.3 Å². The van der Waals surface area contributed by atoms with Crippen LogP contribution in [0.25, 0.3) is 5.69 Å². The van der Waals surface area contributed by atoms with Crippen molar-refractivity contribution in [2.45, 2.75) is 12.1 Å². The van der Waals surface area contributed by atoms with Crippen molar-refractivity contribution in [1.29, 1.82) is 0 Å². The van der Waals surface area contributed by atoms with Crippen LogP contribution in [-0.4, -0.2) is 26.9 Å². The molecule has 0 saturated carbocycles. The Bertz CT molecular complexity index is 1260. The van der Waals surface area contributed by atoms with Gasteiger partial charge in [0.05, 0.1) is 24.5 Å². The summed E-state index contributed by atoms with van der Waals surface area (Å²) in [5, 5.41) is 14.6. The molecule has 0 spiro atoms. The van der Waals surface area contributed by atoms with Gasteiger partial charge in [-0.25, -0.2) is 0 Å². The fourth-order valence-corrected chi connectivity index (χ4v) is 4.55. The maximum Gasteiger partial charge on any atom is 0.174 e. The van der Waals surface area contributed by atoms with E-state index >= 15 is 0 Å². The second-order valence-corrected chi connectivity index (χ2v) is 7.88. The smallest absolute Gasteiger partial charge is 0.174 e. The molecule has 0 amide bonds. The molecule has 32 heavy (non-hydrogen) atoms. The van der Waals surface area contributed by atoms with Crippen molar-refractivity contribution in [3.05, 3.63) is 103 Å². The highest BCUT2D eigenvalue weighted by atomic mass is 32.1. The molecule has 1 aliphatic heterocycles. The van der Waals surface area contributed by atoms with Gasteiger partial charge in [0.2, 0.25) is 0 Å². The molecule has 2 unspecified atom stereocenters. The third kappa shape index (κ3) is 3.46. The number of phenols is 1. The normalized spacial score (nSPS) is 17.9. The van der Waals surface area contributed by atoms with Gasteiger partial charge >= 0.3 is 0 Å². The molecule has 0 aliphatic carbocycles. The lowest BCUT2D eigenvalue weighted by atomic mass is 10.0. The summed E-state index contributed by atoms with van der Waals surface area (Å²) in [4.78, 5) is 6.56. The number of hydrogen-bond acceptors (Lipinski definition) is 4. The maximum atomic E-state index is 10.6. The minimum Gasteiger partial charge on any atom is -0.506 e. The Balaban J connectivity index is 1.68. The summed E-state index contributed by atoms with van der Waals surface area (Å²) in [6.45, 7) is 0. The van der Waals surface area contributed by atoms with E-state index in [9.17, 15) is 5.11 Å². The van der Waals surface area contributed by atoms with E-state index in [-0.39, 0.29) is 17.8 Å². The molecule has 4 aromatic rings. The Kier molecular flexibility index (Phi) is 5.25. The van der Waals surface area contributed by atoms with E-state index in [1.165, 1.54) is 0 Å². The summed E-state index contributed by atoms with van der Waals surface area (Å²) in [5.41, 5.74) is 3.49. The van der Waals surface area contributed by atoms with Gasteiger partial charge in [-0.15, -0.1) is 0 Å². The van der Waals surface area contributed by atoms with Crippen LogP contribution >= 0.6 is 12.2 Å². The maximum absolute atomic E-state index is 10.6. The van der Waals surface area contributed by atoms with Crippen LogP contribution in [0, 0.1) is 0 Å². The van der Waals surface area contributed by atoms with Crippen LogP contribution in [0.3, 0.4) is 0 Å². The number of aromatic hydroxyl groups is 1. The first-order valence-corrected chi connectivity index (χ1v) is 10.7. The van der Waals surface area contributed by atoms with Gasteiger partial charge in [-0.05, 0) is 60.7 Å². The summed E-state index contributed by atoms with van der Waals surface area (Å²) in [7, 11) is 1.66. The molecule has 1 aliphatic rings. The molecule has 6 nitrogen and oxygen atoms in total. The number of para-hydroxylation sites is 2. The quantitative estimate of drug-likeness (QED) is 0.435. The molecule has 2 aromatic carbocycles. The van der Waals surface area contributed by atoms with E-state index < -0.39 is 0 Å². The zero-order valence-corrected chi connectivity index (χ0v) is 18.2. The van der Waals surface area contributed by atoms with E-state index in [0.717, 1.165) is 22.8 Å². The predicted octanol–water partition coefficient (Wildman–Crippen LogP) is 4.76. The molecule has 5 rings (SSSR count). The average molecular weight is 443 g/mol. The van der Waals surface area contributed by atoms with E-state index in [0.29, 0.717) is 10.8 Å². The second kappa shape index (κ2) is 8.36. The van der Waals surface area contributed by atoms with Crippen molar-refractivity contribution in [2.24, 2.45) is 0 Å². The first-order valence-electron chi connectivity index (χ1n) is 10.3. The Morgan fingerprint density at radius 3 is 2.62 bits per heavy atom. The fourth-order valence-electron chi connectivity index (χ4n) is 4.21. The Morgan fingerprint density at radius 1 is 1.00 bits per heavy atom. The zero-order valence-electron chi connectivity index (χ0n) is 17.4. The number of benzene rings is 2. The monoisotopic (exact) mass is 442 g/mol. The fraction of sp³-hybridized carbons (Fsp3) is 0.120. The minimum atomic E-state index is -0.244. The van der Waals surface area contributed by atoms with Gasteiger partial charge in [0.1, 0.15) is 17.5 Å². The zero-order chi connectivity index (χ0) is 22.1. The standard InChI is InChI=1S/C25H22N4O2S/c1-31-18-9-6-8-17(16-18)28-15-7-12-21(28)24-23(19-10-4-5-14-26-19)27-25(32)29(24)20-11-2-3-13-22(20)30/h2-16,23-24,30H,1H3,(H,27,32). The summed E-state index contributed by atoms with van der Waals surface area (Å²) in [6.07, 6.45) is 3.80. The number of pyridine rings is 1. The van der Waals surface area contributed by atoms with Crippen LogP contribution in [0.2, 0.25) is 0 Å².